The first kappa shape index (κ1) is 20.5. The van der Waals surface area contributed by atoms with Crippen LogP contribution in [0.25, 0.3) is 0 Å². The summed E-state index contributed by atoms with van der Waals surface area (Å²) in [6.45, 7) is 7.72. The van der Waals surface area contributed by atoms with E-state index in [1.807, 2.05) is 39.8 Å². The molecule has 0 saturated heterocycles. The summed E-state index contributed by atoms with van der Waals surface area (Å²) in [6.07, 6.45) is 2.10. The Hall–Kier alpha value is -2.83. The van der Waals surface area contributed by atoms with Crippen LogP contribution in [0.5, 0.6) is 0 Å². The number of nitrogens with zero attached hydrogens (tertiary/aromatic N) is 1. The molecule has 1 atom stereocenters. The van der Waals surface area contributed by atoms with Gasteiger partial charge >= 0.3 is 5.97 Å². The van der Waals surface area contributed by atoms with E-state index in [4.69, 9.17) is 4.74 Å². The molecule has 1 heterocycles. The van der Waals surface area contributed by atoms with Gasteiger partial charge < -0.3 is 15.4 Å². The Morgan fingerprint density at radius 3 is 2.56 bits per heavy atom. The smallest absolute Gasteiger partial charge is 0.311 e. The first-order valence-corrected chi connectivity index (χ1v) is 9.01. The van der Waals surface area contributed by atoms with E-state index >= 15 is 0 Å². The van der Waals surface area contributed by atoms with Gasteiger partial charge in [-0.25, -0.2) is 0 Å². The number of ether oxygens (including phenoxy) is 1. The second kappa shape index (κ2) is 8.70. The van der Waals surface area contributed by atoms with Gasteiger partial charge in [0.05, 0.1) is 24.9 Å². The van der Waals surface area contributed by atoms with Gasteiger partial charge in [0.15, 0.2) is 0 Å². The van der Waals surface area contributed by atoms with Crippen LogP contribution in [0, 0.1) is 13.8 Å². The van der Waals surface area contributed by atoms with Crippen molar-refractivity contribution in [2.24, 2.45) is 0 Å². The number of hydrogen-bond acceptors (Lipinski definition) is 5. The van der Waals surface area contributed by atoms with Crippen LogP contribution in [-0.4, -0.2) is 37.5 Å². The SMILES string of the molecule is CCC(C)NC(=O)CN1C(=O)C=C(CC(=O)OC)Nc2cc(C)c(C)cc21. The van der Waals surface area contributed by atoms with Crippen LogP contribution in [-0.2, 0) is 19.1 Å². The molecule has 1 aromatic rings. The third-order valence-corrected chi connectivity index (χ3v) is 4.65. The molecule has 1 aromatic carbocycles. The normalized spacial score (nSPS) is 14.5. The summed E-state index contributed by atoms with van der Waals surface area (Å²) in [5.74, 6) is -1.04. The van der Waals surface area contributed by atoms with Gasteiger partial charge in [-0.05, 0) is 50.5 Å². The van der Waals surface area contributed by atoms with Crippen molar-refractivity contribution >= 4 is 29.2 Å². The fraction of sp³-hybridized carbons (Fsp3) is 0.450. The number of esters is 1. The Morgan fingerprint density at radius 2 is 1.93 bits per heavy atom. The van der Waals surface area contributed by atoms with Crippen LogP contribution in [0.4, 0.5) is 11.4 Å². The molecule has 2 N–H and O–H groups in total. The van der Waals surface area contributed by atoms with Crippen molar-refractivity contribution in [2.75, 3.05) is 23.9 Å². The molecule has 2 amide bonds. The number of methoxy groups -OCH3 is 1. The monoisotopic (exact) mass is 373 g/mol. The molecule has 1 aliphatic heterocycles. The minimum Gasteiger partial charge on any atom is -0.469 e. The Labute approximate surface area is 159 Å². The highest BCUT2D eigenvalue weighted by atomic mass is 16.5. The summed E-state index contributed by atoms with van der Waals surface area (Å²) in [7, 11) is 1.30. The number of carbonyl (C=O) groups excluding carboxylic acids is 3. The van der Waals surface area contributed by atoms with Gasteiger partial charge in [0.2, 0.25) is 5.91 Å². The van der Waals surface area contributed by atoms with Crippen molar-refractivity contribution in [2.45, 2.75) is 46.6 Å². The Morgan fingerprint density at radius 1 is 1.26 bits per heavy atom. The molecule has 0 bridgehead atoms. The van der Waals surface area contributed by atoms with E-state index in [-0.39, 0.29) is 30.8 Å². The lowest BCUT2D eigenvalue weighted by Crippen LogP contribution is -2.43. The summed E-state index contributed by atoms with van der Waals surface area (Å²) < 4.78 is 4.70. The second-order valence-corrected chi connectivity index (χ2v) is 6.80. The van der Waals surface area contributed by atoms with E-state index in [9.17, 15) is 14.4 Å². The standard InChI is InChI=1S/C20H27N3O4/c1-6-14(4)21-18(24)11-23-17-8-13(3)12(2)7-16(17)22-15(9-19(23)25)10-20(26)27-5/h7-9,14,22H,6,10-11H2,1-5H3,(H,21,24). The lowest BCUT2D eigenvalue weighted by atomic mass is 10.1. The quantitative estimate of drug-likeness (QED) is 0.748. The number of aryl methyl sites for hydroxylation is 2. The number of carbonyl (C=O) groups is 3. The zero-order chi connectivity index (χ0) is 20.1. The highest BCUT2D eigenvalue weighted by Gasteiger charge is 2.26. The summed E-state index contributed by atoms with van der Waals surface area (Å²) in [6, 6.07) is 3.82. The number of fused-ring (bicyclic) bond motifs is 1. The molecule has 7 heteroatoms. The largest absolute Gasteiger partial charge is 0.469 e. The van der Waals surface area contributed by atoms with Gasteiger partial charge in [-0.1, -0.05) is 6.92 Å². The maximum Gasteiger partial charge on any atom is 0.311 e. The fourth-order valence-corrected chi connectivity index (χ4v) is 2.73. The molecule has 2 rings (SSSR count). The molecule has 0 fully saturated rings. The zero-order valence-corrected chi connectivity index (χ0v) is 16.5. The molecule has 0 aliphatic carbocycles. The van der Waals surface area contributed by atoms with E-state index in [0.717, 1.165) is 17.5 Å². The molecule has 1 aliphatic rings. The number of anilines is 2. The van der Waals surface area contributed by atoms with Gasteiger partial charge in [0.1, 0.15) is 6.54 Å². The number of rotatable bonds is 6. The van der Waals surface area contributed by atoms with Crippen molar-refractivity contribution in [3.63, 3.8) is 0 Å². The molecular formula is C20H27N3O4. The van der Waals surface area contributed by atoms with Gasteiger partial charge in [-0.15, -0.1) is 0 Å². The van der Waals surface area contributed by atoms with E-state index in [2.05, 4.69) is 10.6 Å². The predicted molar refractivity (Wildman–Crippen MR) is 105 cm³/mol. The lowest BCUT2D eigenvalue weighted by molar-refractivity contribution is -0.139. The Bertz CT molecular complexity index is 786. The number of nitrogens with one attached hydrogen (secondary N) is 2. The minimum absolute atomic E-state index is 0.0300. The van der Waals surface area contributed by atoms with Crippen LogP contribution >= 0.6 is 0 Å². The summed E-state index contributed by atoms with van der Waals surface area (Å²) in [5, 5.41) is 6.02. The fourth-order valence-electron chi connectivity index (χ4n) is 2.73. The first-order chi connectivity index (χ1) is 12.7. The molecule has 1 unspecified atom stereocenters. The molecule has 0 saturated carbocycles. The molecule has 0 spiro atoms. The average Bonchev–Trinajstić information content (AvgIpc) is 2.72. The zero-order valence-electron chi connectivity index (χ0n) is 16.5. The van der Waals surface area contributed by atoms with Crippen molar-refractivity contribution in [1.29, 1.82) is 0 Å². The van der Waals surface area contributed by atoms with Gasteiger partial charge in [-0.2, -0.15) is 0 Å². The van der Waals surface area contributed by atoms with E-state index in [1.54, 1.807) is 0 Å². The van der Waals surface area contributed by atoms with E-state index < -0.39 is 5.97 Å². The minimum atomic E-state index is -0.449. The van der Waals surface area contributed by atoms with Crippen LogP contribution in [0.1, 0.15) is 37.8 Å². The van der Waals surface area contributed by atoms with E-state index in [1.165, 1.54) is 18.1 Å². The van der Waals surface area contributed by atoms with Crippen molar-refractivity contribution < 1.29 is 19.1 Å². The van der Waals surface area contributed by atoms with Crippen LogP contribution in [0.3, 0.4) is 0 Å². The first-order valence-electron chi connectivity index (χ1n) is 9.01. The Kier molecular flexibility index (Phi) is 6.60. The van der Waals surface area contributed by atoms with Crippen LogP contribution < -0.4 is 15.5 Å². The summed E-state index contributed by atoms with van der Waals surface area (Å²) >= 11 is 0. The number of amides is 2. The second-order valence-electron chi connectivity index (χ2n) is 6.80. The van der Waals surface area contributed by atoms with Crippen molar-refractivity contribution in [1.82, 2.24) is 5.32 Å². The Balaban J connectivity index is 2.40. The van der Waals surface area contributed by atoms with E-state index in [0.29, 0.717) is 17.1 Å². The number of benzene rings is 1. The van der Waals surface area contributed by atoms with Crippen LogP contribution in [0.15, 0.2) is 23.9 Å². The predicted octanol–water partition coefficient (Wildman–Crippen LogP) is 2.42. The topological polar surface area (TPSA) is 87.7 Å². The average molecular weight is 373 g/mol. The summed E-state index contributed by atoms with van der Waals surface area (Å²) in [5.41, 5.74) is 3.76. The molecule has 27 heavy (non-hydrogen) atoms. The molecular weight excluding hydrogens is 346 g/mol. The maximum absolute atomic E-state index is 12.8. The third kappa shape index (κ3) is 5.09. The highest BCUT2D eigenvalue weighted by molar-refractivity contribution is 6.09. The maximum atomic E-state index is 12.8. The molecule has 0 aromatic heterocycles. The summed E-state index contributed by atoms with van der Waals surface area (Å²) in [4.78, 5) is 38.3. The highest BCUT2D eigenvalue weighted by Crippen LogP contribution is 2.33. The molecule has 7 nitrogen and oxygen atoms in total. The molecule has 146 valence electrons. The van der Waals surface area contributed by atoms with Crippen molar-refractivity contribution in [3.8, 4) is 0 Å². The van der Waals surface area contributed by atoms with Gasteiger partial charge in [0.25, 0.3) is 5.91 Å². The van der Waals surface area contributed by atoms with Gasteiger partial charge in [-0.3, -0.25) is 19.3 Å². The van der Waals surface area contributed by atoms with Gasteiger partial charge in [0, 0.05) is 17.8 Å². The lowest BCUT2D eigenvalue weighted by Gasteiger charge is -2.24. The number of hydrogen-bond donors (Lipinski definition) is 2. The van der Waals surface area contributed by atoms with Crippen molar-refractivity contribution in [3.05, 3.63) is 35.0 Å². The molecule has 0 radical (unpaired) electrons. The third-order valence-electron chi connectivity index (χ3n) is 4.65. The van der Waals surface area contributed by atoms with Crippen LogP contribution in [0.2, 0.25) is 0 Å².